The number of carbonyl (C=O) groups is 2. The van der Waals surface area contributed by atoms with E-state index in [0.29, 0.717) is 36.3 Å². The average Bonchev–Trinajstić information content (AvgIpc) is 3.81. The highest BCUT2D eigenvalue weighted by Crippen LogP contribution is 2.35. The molecule has 1 aliphatic rings. The number of Topliss-reactive ketones (excluding diaryl/α,β-unsaturated/α-hetero) is 1. The van der Waals surface area contributed by atoms with Crippen LogP contribution in [0.4, 0.5) is 33.7 Å². The summed E-state index contributed by atoms with van der Waals surface area (Å²) in [5.74, 6) is 0.0149. The first-order valence-electron chi connectivity index (χ1n) is 13.3. The molecule has 42 heavy (non-hydrogen) atoms. The molecule has 0 unspecified atom stereocenters. The van der Waals surface area contributed by atoms with Crippen molar-refractivity contribution in [1.29, 1.82) is 0 Å². The van der Waals surface area contributed by atoms with Gasteiger partial charge in [0.1, 0.15) is 11.5 Å². The monoisotopic (exact) mass is 578 g/mol. The predicted molar refractivity (Wildman–Crippen MR) is 149 cm³/mol. The number of aryl methyl sites for hydroxylation is 1. The number of benzene rings is 2. The van der Waals surface area contributed by atoms with Gasteiger partial charge in [0.15, 0.2) is 11.6 Å². The Kier molecular flexibility index (Phi) is 8.46. The maximum absolute atomic E-state index is 14.8. The Morgan fingerprint density at radius 2 is 1.74 bits per heavy atom. The van der Waals surface area contributed by atoms with Crippen LogP contribution in [0, 0.1) is 11.7 Å². The van der Waals surface area contributed by atoms with E-state index < -0.39 is 23.6 Å². The molecule has 2 heterocycles. The second-order valence-electron chi connectivity index (χ2n) is 9.94. The fourth-order valence-corrected chi connectivity index (χ4v) is 4.35. The third kappa shape index (κ3) is 7.68. The van der Waals surface area contributed by atoms with Crippen LogP contribution < -0.4 is 15.4 Å². The highest BCUT2D eigenvalue weighted by atomic mass is 19.4. The van der Waals surface area contributed by atoms with Crippen molar-refractivity contribution in [1.82, 2.24) is 9.97 Å². The van der Waals surface area contributed by atoms with Gasteiger partial charge in [0.05, 0.1) is 5.56 Å². The molecule has 4 aromatic rings. The van der Waals surface area contributed by atoms with E-state index in [2.05, 4.69) is 20.6 Å². The summed E-state index contributed by atoms with van der Waals surface area (Å²) in [5, 5.41) is 4.79. The molecule has 0 radical (unpaired) electrons. The number of amides is 2. The molecule has 2 aromatic heterocycles. The summed E-state index contributed by atoms with van der Waals surface area (Å²) in [5.41, 5.74) is 0.381. The van der Waals surface area contributed by atoms with Gasteiger partial charge in [-0.25, -0.2) is 9.18 Å². The van der Waals surface area contributed by atoms with Gasteiger partial charge in [0.25, 0.3) is 0 Å². The summed E-state index contributed by atoms with van der Waals surface area (Å²) in [6, 6.07) is 12.5. The fraction of sp³-hybridized carbons (Fsp3) is 0.226. The SMILES string of the molecule is O=C(Nc1cc(-c2cccnc2)cc(C(F)(F)F)c1)Nc1ccc(Oc2ccnc(CCCC(=O)C3CC3)c2)c(F)c1. The molecule has 0 aliphatic heterocycles. The lowest BCUT2D eigenvalue weighted by atomic mass is 10.0. The number of pyridine rings is 2. The summed E-state index contributed by atoms with van der Waals surface area (Å²) in [6.07, 6.45) is 3.54. The molecule has 2 aromatic carbocycles. The van der Waals surface area contributed by atoms with Gasteiger partial charge in [0, 0.05) is 65.7 Å². The number of ether oxygens (including phenoxy) is 1. The molecule has 7 nitrogen and oxygen atoms in total. The first-order valence-corrected chi connectivity index (χ1v) is 13.3. The molecule has 216 valence electrons. The summed E-state index contributed by atoms with van der Waals surface area (Å²) >= 11 is 0. The van der Waals surface area contributed by atoms with Crippen molar-refractivity contribution in [3.8, 4) is 22.6 Å². The minimum atomic E-state index is -4.64. The van der Waals surface area contributed by atoms with Crippen LogP contribution >= 0.6 is 0 Å². The Morgan fingerprint density at radius 3 is 2.45 bits per heavy atom. The quantitative estimate of drug-likeness (QED) is 0.186. The van der Waals surface area contributed by atoms with Gasteiger partial charge in [-0.15, -0.1) is 0 Å². The van der Waals surface area contributed by atoms with Gasteiger partial charge in [-0.2, -0.15) is 13.2 Å². The molecule has 11 heteroatoms. The van der Waals surface area contributed by atoms with Crippen LogP contribution in [0.3, 0.4) is 0 Å². The number of anilines is 2. The normalized spacial score (nSPS) is 13.0. The molecule has 1 fully saturated rings. The van der Waals surface area contributed by atoms with Gasteiger partial charge in [-0.3, -0.25) is 14.8 Å². The topological polar surface area (TPSA) is 93.2 Å². The molecule has 0 bridgehead atoms. The van der Waals surface area contributed by atoms with Crippen molar-refractivity contribution >= 4 is 23.2 Å². The standard InChI is InChI=1S/C31H26F4N4O3/c32-27-17-24(8-9-29(27)42-26-10-12-37-23(16-26)4-1-5-28(40)19-6-7-19)38-30(41)39-25-14-21(20-3-2-11-36-18-20)13-22(15-25)31(33,34)35/h2-3,8-19H,1,4-7H2,(H2,38,39,41). The minimum absolute atomic E-state index is 0.0626. The lowest BCUT2D eigenvalue weighted by molar-refractivity contribution is -0.137. The molecule has 0 spiro atoms. The third-order valence-electron chi connectivity index (χ3n) is 6.61. The van der Waals surface area contributed by atoms with Gasteiger partial charge < -0.3 is 15.4 Å². The first-order chi connectivity index (χ1) is 20.1. The molecule has 2 amide bonds. The maximum atomic E-state index is 14.8. The molecular formula is C31H26F4N4O3. The predicted octanol–water partition coefficient (Wildman–Crippen LogP) is 8.04. The summed E-state index contributed by atoms with van der Waals surface area (Å²) in [7, 11) is 0. The number of nitrogens with zero attached hydrogens (tertiary/aromatic N) is 2. The number of hydrogen-bond acceptors (Lipinski definition) is 5. The molecule has 2 N–H and O–H groups in total. The fourth-order valence-electron chi connectivity index (χ4n) is 4.35. The van der Waals surface area contributed by atoms with Crippen LogP contribution in [0.5, 0.6) is 11.5 Å². The Morgan fingerprint density at radius 1 is 0.929 bits per heavy atom. The largest absolute Gasteiger partial charge is 0.454 e. The highest BCUT2D eigenvalue weighted by Gasteiger charge is 2.31. The van der Waals surface area contributed by atoms with Crippen molar-refractivity contribution in [2.24, 2.45) is 5.92 Å². The van der Waals surface area contributed by atoms with E-state index >= 15 is 0 Å². The van der Waals surface area contributed by atoms with Crippen molar-refractivity contribution in [3.05, 3.63) is 96.3 Å². The molecule has 0 atom stereocenters. The first kappa shape index (κ1) is 28.7. The molecule has 1 saturated carbocycles. The van der Waals surface area contributed by atoms with Crippen LogP contribution in [-0.4, -0.2) is 21.8 Å². The van der Waals surface area contributed by atoms with Crippen molar-refractivity contribution < 1.29 is 31.9 Å². The zero-order chi connectivity index (χ0) is 29.7. The summed E-state index contributed by atoms with van der Waals surface area (Å²) in [6.45, 7) is 0. The molecule has 5 rings (SSSR count). The number of halogens is 4. The van der Waals surface area contributed by atoms with E-state index in [1.807, 2.05) is 0 Å². The lowest BCUT2D eigenvalue weighted by Crippen LogP contribution is -2.20. The van der Waals surface area contributed by atoms with Crippen molar-refractivity contribution in [2.45, 2.75) is 38.3 Å². The molecule has 1 aliphatic carbocycles. The van der Waals surface area contributed by atoms with Crippen LogP contribution in [0.2, 0.25) is 0 Å². The van der Waals surface area contributed by atoms with Crippen LogP contribution in [0.1, 0.15) is 36.9 Å². The van der Waals surface area contributed by atoms with Gasteiger partial charge in [0.2, 0.25) is 0 Å². The highest BCUT2D eigenvalue weighted by molar-refractivity contribution is 6.00. The number of aromatic nitrogens is 2. The number of hydrogen-bond donors (Lipinski definition) is 2. The Bertz CT molecular complexity index is 1590. The number of urea groups is 1. The number of ketones is 1. The Balaban J connectivity index is 1.22. The maximum Gasteiger partial charge on any atom is 0.416 e. The Hall–Kier alpha value is -4.80. The second-order valence-corrected chi connectivity index (χ2v) is 9.94. The second kappa shape index (κ2) is 12.4. The van der Waals surface area contributed by atoms with E-state index in [9.17, 15) is 27.2 Å². The van der Waals surface area contributed by atoms with Crippen LogP contribution in [0.15, 0.2) is 79.3 Å². The van der Waals surface area contributed by atoms with E-state index in [0.717, 1.165) is 31.0 Å². The smallest absolute Gasteiger partial charge is 0.416 e. The van der Waals surface area contributed by atoms with E-state index in [4.69, 9.17) is 4.74 Å². The summed E-state index contributed by atoms with van der Waals surface area (Å²) in [4.78, 5) is 32.7. The zero-order valence-corrected chi connectivity index (χ0v) is 22.2. The average molecular weight is 579 g/mol. The van der Waals surface area contributed by atoms with Crippen molar-refractivity contribution in [2.75, 3.05) is 10.6 Å². The third-order valence-corrected chi connectivity index (χ3v) is 6.61. The number of nitrogens with one attached hydrogen (secondary N) is 2. The lowest BCUT2D eigenvalue weighted by Gasteiger charge is -2.14. The van der Waals surface area contributed by atoms with E-state index in [1.54, 1.807) is 30.5 Å². The van der Waals surface area contributed by atoms with E-state index in [-0.39, 0.29) is 34.4 Å². The minimum Gasteiger partial charge on any atom is -0.454 e. The summed E-state index contributed by atoms with van der Waals surface area (Å²) < 4.78 is 61.0. The van der Waals surface area contributed by atoms with Gasteiger partial charge in [-0.1, -0.05) is 6.07 Å². The number of alkyl halides is 3. The molecule has 0 saturated heterocycles. The van der Waals surface area contributed by atoms with Crippen LogP contribution in [-0.2, 0) is 17.4 Å². The van der Waals surface area contributed by atoms with Gasteiger partial charge in [-0.05, 0) is 73.7 Å². The zero-order valence-electron chi connectivity index (χ0n) is 22.2. The number of rotatable bonds is 10. The van der Waals surface area contributed by atoms with Gasteiger partial charge >= 0.3 is 12.2 Å². The molecular weight excluding hydrogens is 552 g/mol. The van der Waals surface area contributed by atoms with E-state index in [1.165, 1.54) is 30.6 Å². The van der Waals surface area contributed by atoms with Crippen molar-refractivity contribution in [3.63, 3.8) is 0 Å². The number of carbonyl (C=O) groups excluding carboxylic acids is 2. The van der Waals surface area contributed by atoms with Crippen LogP contribution in [0.25, 0.3) is 11.1 Å². The Labute approximate surface area is 239 Å².